The average Bonchev–Trinajstić information content (AvgIpc) is 3.11. The van der Waals surface area contributed by atoms with Crippen molar-refractivity contribution in [1.82, 2.24) is 15.5 Å². The zero-order chi connectivity index (χ0) is 18.5. The molecule has 0 unspecified atom stereocenters. The molecule has 2 aromatic carbocycles. The standard InChI is InChI=1S/C20H21N3O2S/c1-13-4-8-16(9-5-13)19-22-18(25-23-19)12-21-20(24)15(3)26-17-10-6-14(2)7-11-17/h4-11,15H,12H2,1-3H3,(H,21,24)/t15-/m0/s1. The van der Waals surface area contributed by atoms with E-state index in [-0.39, 0.29) is 17.7 Å². The Morgan fingerprint density at radius 1 is 1.08 bits per heavy atom. The molecule has 0 spiro atoms. The number of rotatable bonds is 6. The Labute approximate surface area is 157 Å². The van der Waals surface area contributed by atoms with Crippen molar-refractivity contribution in [2.75, 3.05) is 0 Å². The van der Waals surface area contributed by atoms with Crippen LogP contribution in [0.4, 0.5) is 0 Å². The fourth-order valence-electron chi connectivity index (χ4n) is 2.33. The highest BCUT2D eigenvalue weighted by atomic mass is 32.2. The normalized spacial score (nSPS) is 12.0. The van der Waals surface area contributed by atoms with E-state index < -0.39 is 0 Å². The van der Waals surface area contributed by atoms with Crippen LogP contribution in [0.2, 0.25) is 0 Å². The van der Waals surface area contributed by atoms with Gasteiger partial charge in [-0.15, -0.1) is 11.8 Å². The van der Waals surface area contributed by atoms with Crippen LogP contribution in [0, 0.1) is 13.8 Å². The molecule has 0 fully saturated rings. The van der Waals surface area contributed by atoms with Gasteiger partial charge in [-0.1, -0.05) is 52.7 Å². The molecule has 0 bridgehead atoms. The maximum Gasteiger partial charge on any atom is 0.246 e. The van der Waals surface area contributed by atoms with Gasteiger partial charge in [0.2, 0.25) is 17.6 Å². The largest absolute Gasteiger partial charge is 0.346 e. The Bertz CT molecular complexity index is 873. The second-order valence-corrected chi connectivity index (χ2v) is 7.58. The van der Waals surface area contributed by atoms with Gasteiger partial charge in [-0.05, 0) is 32.9 Å². The predicted molar refractivity (Wildman–Crippen MR) is 103 cm³/mol. The summed E-state index contributed by atoms with van der Waals surface area (Å²) in [5, 5.41) is 6.61. The lowest BCUT2D eigenvalue weighted by molar-refractivity contribution is -0.120. The van der Waals surface area contributed by atoms with Crippen LogP contribution in [0.1, 0.15) is 23.9 Å². The highest BCUT2D eigenvalue weighted by Crippen LogP contribution is 2.23. The van der Waals surface area contributed by atoms with E-state index in [4.69, 9.17) is 4.52 Å². The Balaban J connectivity index is 1.54. The van der Waals surface area contributed by atoms with Crippen molar-refractivity contribution < 1.29 is 9.32 Å². The number of carbonyl (C=O) groups is 1. The van der Waals surface area contributed by atoms with E-state index in [9.17, 15) is 4.79 Å². The molecule has 0 saturated heterocycles. The van der Waals surface area contributed by atoms with Crippen molar-refractivity contribution in [2.45, 2.75) is 37.5 Å². The number of benzene rings is 2. The summed E-state index contributed by atoms with van der Waals surface area (Å²) in [5.74, 6) is 0.850. The number of nitrogens with zero attached hydrogens (tertiary/aromatic N) is 2. The van der Waals surface area contributed by atoms with Crippen molar-refractivity contribution in [1.29, 1.82) is 0 Å². The zero-order valence-corrected chi connectivity index (χ0v) is 15.8. The van der Waals surface area contributed by atoms with Gasteiger partial charge in [0.25, 0.3) is 0 Å². The van der Waals surface area contributed by atoms with E-state index in [0.717, 1.165) is 10.5 Å². The Kier molecular flexibility index (Phi) is 5.73. The first-order valence-corrected chi connectivity index (χ1v) is 9.30. The van der Waals surface area contributed by atoms with Crippen LogP contribution in [0.5, 0.6) is 0 Å². The quantitative estimate of drug-likeness (QED) is 0.663. The van der Waals surface area contributed by atoms with E-state index in [2.05, 4.69) is 15.5 Å². The Hall–Kier alpha value is -2.60. The smallest absolute Gasteiger partial charge is 0.246 e. The first-order chi connectivity index (χ1) is 12.5. The molecule has 0 aliphatic rings. The van der Waals surface area contributed by atoms with Crippen molar-refractivity contribution in [3.63, 3.8) is 0 Å². The number of aryl methyl sites for hydroxylation is 2. The lowest BCUT2D eigenvalue weighted by atomic mass is 10.1. The Morgan fingerprint density at radius 2 is 1.69 bits per heavy atom. The predicted octanol–water partition coefficient (Wildman–Crippen LogP) is 4.15. The number of amides is 1. The van der Waals surface area contributed by atoms with E-state index in [0.29, 0.717) is 11.7 Å². The molecule has 26 heavy (non-hydrogen) atoms. The number of carbonyl (C=O) groups excluding carboxylic acids is 1. The second kappa shape index (κ2) is 8.19. The number of aromatic nitrogens is 2. The van der Waals surface area contributed by atoms with Crippen molar-refractivity contribution in [2.24, 2.45) is 0 Å². The molecule has 0 radical (unpaired) electrons. The molecule has 134 valence electrons. The maximum absolute atomic E-state index is 12.3. The third-order valence-corrected chi connectivity index (χ3v) is 5.01. The summed E-state index contributed by atoms with van der Waals surface area (Å²) in [4.78, 5) is 17.7. The molecule has 1 amide bonds. The second-order valence-electron chi connectivity index (χ2n) is 6.17. The summed E-state index contributed by atoms with van der Waals surface area (Å²) >= 11 is 1.52. The van der Waals surface area contributed by atoms with Crippen LogP contribution in [-0.4, -0.2) is 21.3 Å². The first-order valence-electron chi connectivity index (χ1n) is 8.42. The van der Waals surface area contributed by atoms with E-state index in [1.807, 2.05) is 69.3 Å². The molecule has 0 saturated carbocycles. The summed E-state index contributed by atoms with van der Waals surface area (Å²) in [7, 11) is 0. The third-order valence-electron chi connectivity index (χ3n) is 3.89. The highest BCUT2D eigenvalue weighted by Gasteiger charge is 2.16. The highest BCUT2D eigenvalue weighted by molar-refractivity contribution is 8.00. The van der Waals surface area contributed by atoms with E-state index in [1.165, 1.54) is 22.9 Å². The summed E-state index contributed by atoms with van der Waals surface area (Å²) < 4.78 is 5.23. The van der Waals surface area contributed by atoms with E-state index >= 15 is 0 Å². The molecule has 6 heteroatoms. The number of thioether (sulfide) groups is 1. The van der Waals surface area contributed by atoms with Gasteiger partial charge in [-0.2, -0.15) is 4.98 Å². The Morgan fingerprint density at radius 3 is 2.35 bits per heavy atom. The number of nitrogens with one attached hydrogen (secondary N) is 1. The third kappa shape index (κ3) is 4.73. The molecule has 3 rings (SSSR count). The fourth-order valence-corrected chi connectivity index (χ4v) is 3.22. The van der Waals surface area contributed by atoms with Crippen molar-refractivity contribution >= 4 is 17.7 Å². The topological polar surface area (TPSA) is 68.0 Å². The van der Waals surface area contributed by atoms with Gasteiger partial charge >= 0.3 is 0 Å². The molecular weight excluding hydrogens is 346 g/mol. The minimum Gasteiger partial charge on any atom is -0.346 e. The average molecular weight is 367 g/mol. The molecule has 3 aromatic rings. The van der Waals surface area contributed by atoms with Gasteiger partial charge in [-0.3, -0.25) is 4.79 Å². The summed E-state index contributed by atoms with van der Waals surface area (Å²) in [6, 6.07) is 16.0. The van der Waals surface area contributed by atoms with Gasteiger partial charge in [0, 0.05) is 10.5 Å². The van der Waals surface area contributed by atoms with Crippen molar-refractivity contribution in [3.05, 3.63) is 65.5 Å². The van der Waals surface area contributed by atoms with Gasteiger partial charge in [0.05, 0.1) is 11.8 Å². The molecule has 1 atom stereocenters. The molecular formula is C20H21N3O2S. The molecule has 1 heterocycles. The van der Waals surface area contributed by atoms with Crippen molar-refractivity contribution in [3.8, 4) is 11.4 Å². The van der Waals surface area contributed by atoms with Crippen LogP contribution >= 0.6 is 11.8 Å². The van der Waals surface area contributed by atoms with Gasteiger partial charge in [0.15, 0.2) is 0 Å². The lowest BCUT2D eigenvalue weighted by Crippen LogP contribution is -2.30. The van der Waals surface area contributed by atoms with Gasteiger partial charge < -0.3 is 9.84 Å². The van der Waals surface area contributed by atoms with E-state index in [1.54, 1.807) is 0 Å². The summed E-state index contributed by atoms with van der Waals surface area (Å²) in [6.07, 6.45) is 0. The van der Waals surface area contributed by atoms with Crippen LogP contribution < -0.4 is 5.32 Å². The maximum atomic E-state index is 12.3. The van der Waals surface area contributed by atoms with Crippen LogP contribution in [0.25, 0.3) is 11.4 Å². The van der Waals surface area contributed by atoms with Gasteiger partial charge in [0.1, 0.15) is 0 Å². The minimum absolute atomic E-state index is 0.0642. The number of hydrogen-bond donors (Lipinski definition) is 1. The van der Waals surface area contributed by atoms with Crippen LogP contribution in [0.15, 0.2) is 57.9 Å². The lowest BCUT2D eigenvalue weighted by Gasteiger charge is -2.10. The fraction of sp³-hybridized carbons (Fsp3) is 0.250. The molecule has 0 aliphatic heterocycles. The SMILES string of the molecule is Cc1ccc(S[C@@H](C)C(=O)NCc2nc(-c3ccc(C)cc3)no2)cc1. The molecule has 1 aromatic heterocycles. The first kappa shape index (κ1) is 18.2. The summed E-state index contributed by atoms with van der Waals surface area (Å²) in [6.45, 7) is 6.17. The van der Waals surface area contributed by atoms with Crippen LogP contribution in [-0.2, 0) is 11.3 Å². The van der Waals surface area contributed by atoms with Gasteiger partial charge in [-0.25, -0.2) is 0 Å². The molecule has 1 N–H and O–H groups in total. The minimum atomic E-state index is -0.211. The monoisotopic (exact) mass is 367 g/mol. The zero-order valence-electron chi connectivity index (χ0n) is 15.0. The molecule has 0 aliphatic carbocycles. The van der Waals surface area contributed by atoms with Crippen LogP contribution in [0.3, 0.4) is 0 Å². The number of hydrogen-bond acceptors (Lipinski definition) is 5. The molecule has 5 nitrogen and oxygen atoms in total. The summed E-state index contributed by atoms with van der Waals surface area (Å²) in [5.41, 5.74) is 3.26.